The molecule has 0 radical (unpaired) electrons. The van der Waals surface area contributed by atoms with Crippen LogP contribution in [0.3, 0.4) is 0 Å². The number of benzene rings is 2. The van der Waals surface area contributed by atoms with Gasteiger partial charge < -0.3 is 4.74 Å². The van der Waals surface area contributed by atoms with E-state index in [1.165, 1.54) is 22.7 Å². The maximum absolute atomic E-state index is 13.2. The fourth-order valence-electron chi connectivity index (χ4n) is 3.64. The number of hydrogen-bond acceptors (Lipinski definition) is 7. The lowest BCUT2D eigenvalue weighted by molar-refractivity contribution is -0.385. The van der Waals surface area contributed by atoms with Crippen molar-refractivity contribution in [2.75, 3.05) is 0 Å². The van der Waals surface area contributed by atoms with Gasteiger partial charge in [0.15, 0.2) is 5.17 Å². The molecule has 0 bridgehead atoms. The highest BCUT2D eigenvalue weighted by Gasteiger charge is 2.48. The summed E-state index contributed by atoms with van der Waals surface area (Å²) in [6.07, 6.45) is 0. The van der Waals surface area contributed by atoms with Crippen LogP contribution in [0.1, 0.15) is 31.0 Å². The van der Waals surface area contributed by atoms with Crippen LogP contribution in [0.2, 0.25) is 0 Å². The number of para-hydroxylation sites is 1. The van der Waals surface area contributed by atoms with E-state index in [1.807, 2.05) is 30.3 Å². The average Bonchev–Trinajstić information content (AvgIpc) is 3.04. The second-order valence-corrected chi connectivity index (χ2v) is 8.45. The number of allylic oxidation sites excluding steroid dienone is 1. The molecule has 2 aliphatic heterocycles. The van der Waals surface area contributed by atoms with Crippen LogP contribution >= 0.6 is 11.8 Å². The molecule has 2 heterocycles. The van der Waals surface area contributed by atoms with E-state index in [0.717, 1.165) is 5.56 Å². The van der Waals surface area contributed by atoms with Crippen molar-refractivity contribution in [3.05, 3.63) is 87.1 Å². The number of nitro groups is 1. The summed E-state index contributed by atoms with van der Waals surface area (Å²) in [7, 11) is 0. The number of esters is 1. The molecule has 9 heteroatoms. The number of amidine groups is 1. The second-order valence-electron chi connectivity index (χ2n) is 7.14. The molecular formula is C22H19N3O5S. The molecule has 0 unspecified atom stereocenters. The predicted octanol–water partition coefficient (Wildman–Crippen LogP) is 3.99. The zero-order chi connectivity index (χ0) is 22.1. The monoisotopic (exact) mass is 437 g/mol. The minimum Gasteiger partial charge on any atom is -0.457 e. The van der Waals surface area contributed by atoms with Crippen LogP contribution in [0.15, 0.2) is 70.9 Å². The molecule has 2 aliphatic rings. The van der Waals surface area contributed by atoms with Gasteiger partial charge >= 0.3 is 5.97 Å². The number of nitro benzene ring substituents is 1. The smallest absolute Gasteiger partial charge is 0.338 e. The molecule has 2 atom stereocenters. The Morgan fingerprint density at radius 3 is 2.58 bits per heavy atom. The molecular weight excluding hydrogens is 418 g/mol. The van der Waals surface area contributed by atoms with Crippen molar-refractivity contribution in [3.63, 3.8) is 0 Å². The number of nitrogens with zero attached hydrogens (tertiary/aromatic N) is 3. The van der Waals surface area contributed by atoms with Crippen molar-refractivity contribution in [3.8, 4) is 0 Å². The number of amides is 1. The zero-order valence-electron chi connectivity index (χ0n) is 16.8. The number of thioether (sulfide) groups is 1. The lowest BCUT2D eigenvalue weighted by Crippen LogP contribution is -2.40. The molecule has 2 aromatic rings. The molecule has 1 amide bonds. The van der Waals surface area contributed by atoms with Gasteiger partial charge in [0.25, 0.3) is 5.69 Å². The van der Waals surface area contributed by atoms with E-state index in [-0.39, 0.29) is 29.3 Å². The van der Waals surface area contributed by atoms with E-state index < -0.39 is 22.2 Å². The van der Waals surface area contributed by atoms with E-state index in [0.29, 0.717) is 10.9 Å². The summed E-state index contributed by atoms with van der Waals surface area (Å²) in [5.41, 5.74) is 1.37. The summed E-state index contributed by atoms with van der Waals surface area (Å²) in [6, 6.07) is 14.3. The third kappa shape index (κ3) is 3.84. The number of rotatable bonds is 5. The van der Waals surface area contributed by atoms with E-state index in [2.05, 4.69) is 4.99 Å². The minimum absolute atomic E-state index is 0.0374. The van der Waals surface area contributed by atoms with E-state index >= 15 is 0 Å². The first-order chi connectivity index (χ1) is 14.9. The molecule has 158 valence electrons. The Bertz CT molecular complexity index is 1130. The number of ether oxygens (including phenoxy) is 1. The third-order valence-corrected chi connectivity index (χ3v) is 6.17. The number of carbonyl (C=O) groups excluding carboxylic acids is 2. The molecule has 1 saturated heterocycles. The highest BCUT2D eigenvalue weighted by molar-refractivity contribution is 8.15. The van der Waals surface area contributed by atoms with Crippen molar-refractivity contribution in [1.29, 1.82) is 0 Å². The van der Waals surface area contributed by atoms with Crippen LogP contribution in [0.4, 0.5) is 5.69 Å². The van der Waals surface area contributed by atoms with Crippen LogP contribution in [0, 0.1) is 10.1 Å². The van der Waals surface area contributed by atoms with Gasteiger partial charge in [-0.2, -0.15) is 0 Å². The molecule has 0 spiro atoms. The summed E-state index contributed by atoms with van der Waals surface area (Å²) in [6.45, 7) is 3.43. The maximum Gasteiger partial charge on any atom is 0.338 e. The van der Waals surface area contributed by atoms with Gasteiger partial charge in [-0.15, -0.1) is 0 Å². The molecule has 0 saturated carbocycles. The van der Waals surface area contributed by atoms with Crippen LogP contribution in [0.25, 0.3) is 0 Å². The predicted molar refractivity (Wildman–Crippen MR) is 116 cm³/mol. The SMILES string of the molecule is CC1=C(C(=O)OCc2ccccc2)[C@H](c2ccccc2[N+](=O)[O-])N2C(=O)[C@H](C)SC2=N1. The van der Waals surface area contributed by atoms with Crippen LogP contribution in [0.5, 0.6) is 0 Å². The van der Waals surface area contributed by atoms with Crippen molar-refractivity contribution < 1.29 is 19.2 Å². The highest BCUT2D eigenvalue weighted by atomic mass is 32.2. The van der Waals surface area contributed by atoms with Gasteiger partial charge in [0.2, 0.25) is 5.91 Å². The Kier molecular flexibility index (Phi) is 5.60. The van der Waals surface area contributed by atoms with E-state index in [9.17, 15) is 19.7 Å². The Hall–Kier alpha value is -3.46. The third-order valence-electron chi connectivity index (χ3n) is 5.12. The van der Waals surface area contributed by atoms with Crippen molar-refractivity contribution in [2.45, 2.75) is 31.7 Å². The lowest BCUT2D eigenvalue weighted by Gasteiger charge is -2.32. The fraction of sp³-hybridized carbons (Fsp3) is 0.227. The van der Waals surface area contributed by atoms with Crippen molar-refractivity contribution >= 4 is 34.5 Å². The van der Waals surface area contributed by atoms with Crippen molar-refractivity contribution in [2.24, 2.45) is 4.99 Å². The molecule has 1 fully saturated rings. The van der Waals surface area contributed by atoms with Crippen LogP contribution in [-0.4, -0.2) is 32.1 Å². The quantitative estimate of drug-likeness (QED) is 0.398. The molecule has 0 aromatic heterocycles. The fourth-order valence-corrected chi connectivity index (χ4v) is 4.67. The van der Waals surface area contributed by atoms with Gasteiger partial charge in [-0.05, 0) is 25.5 Å². The maximum atomic E-state index is 13.2. The second kappa shape index (κ2) is 8.35. The first-order valence-electron chi connectivity index (χ1n) is 9.62. The Labute approximate surface area is 182 Å². The number of aliphatic imine (C=N–C) groups is 1. The molecule has 0 N–H and O–H groups in total. The molecule has 0 aliphatic carbocycles. The van der Waals surface area contributed by atoms with Gasteiger partial charge in [0.1, 0.15) is 12.6 Å². The molecule has 4 rings (SSSR count). The van der Waals surface area contributed by atoms with E-state index in [4.69, 9.17) is 4.74 Å². The van der Waals surface area contributed by atoms with E-state index in [1.54, 1.807) is 32.0 Å². The van der Waals surface area contributed by atoms with Crippen molar-refractivity contribution in [1.82, 2.24) is 4.90 Å². The minimum atomic E-state index is -0.984. The molecule has 31 heavy (non-hydrogen) atoms. The van der Waals surface area contributed by atoms with Gasteiger partial charge in [0.05, 0.1) is 27.0 Å². The van der Waals surface area contributed by atoms with Crippen LogP contribution < -0.4 is 0 Å². The summed E-state index contributed by atoms with van der Waals surface area (Å²) >= 11 is 1.27. The summed E-state index contributed by atoms with van der Waals surface area (Å²) in [5.74, 6) is -0.919. The Morgan fingerprint density at radius 2 is 1.87 bits per heavy atom. The van der Waals surface area contributed by atoms with Crippen LogP contribution in [-0.2, 0) is 20.9 Å². The standard InChI is InChI=1S/C22H19N3O5S/c1-13-18(21(27)30-12-15-8-4-3-5-9-15)19(16-10-6-7-11-17(16)25(28)29)24-20(26)14(2)31-22(24)23-13/h3-11,14,19H,12H2,1-2H3/t14-,19-/m0/s1. The van der Waals surface area contributed by atoms with Gasteiger partial charge in [0, 0.05) is 6.07 Å². The van der Waals surface area contributed by atoms with Gasteiger partial charge in [-0.3, -0.25) is 19.8 Å². The first-order valence-corrected chi connectivity index (χ1v) is 10.5. The number of carbonyl (C=O) groups is 2. The largest absolute Gasteiger partial charge is 0.457 e. The molecule has 2 aromatic carbocycles. The lowest BCUT2D eigenvalue weighted by atomic mass is 9.93. The number of fused-ring (bicyclic) bond motifs is 1. The Balaban J connectivity index is 1.78. The first kappa shape index (κ1) is 20.8. The normalized spacial score (nSPS) is 20.4. The summed E-state index contributed by atoms with van der Waals surface area (Å²) in [5, 5.41) is 11.7. The van der Waals surface area contributed by atoms with Gasteiger partial charge in [-0.25, -0.2) is 9.79 Å². The summed E-state index contributed by atoms with van der Waals surface area (Å²) < 4.78 is 5.52. The Morgan fingerprint density at radius 1 is 1.19 bits per heavy atom. The molecule has 8 nitrogen and oxygen atoms in total. The zero-order valence-corrected chi connectivity index (χ0v) is 17.7. The summed E-state index contributed by atoms with van der Waals surface area (Å²) in [4.78, 5) is 43.1. The highest BCUT2D eigenvalue weighted by Crippen LogP contribution is 2.45. The average molecular weight is 437 g/mol. The van der Waals surface area contributed by atoms with Gasteiger partial charge in [-0.1, -0.05) is 54.2 Å². The topological polar surface area (TPSA) is 102 Å². The number of hydrogen-bond donors (Lipinski definition) is 0.